The van der Waals surface area contributed by atoms with Crippen LogP contribution in [0, 0.1) is 0 Å². The van der Waals surface area contributed by atoms with Gasteiger partial charge in [0.1, 0.15) is 0 Å². The van der Waals surface area contributed by atoms with Gasteiger partial charge in [0.2, 0.25) is 10.0 Å². The molecule has 0 aliphatic carbocycles. The number of aromatic nitrogens is 4. The van der Waals surface area contributed by atoms with Gasteiger partial charge >= 0.3 is 0 Å². The lowest BCUT2D eigenvalue weighted by Crippen LogP contribution is -2.47. The van der Waals surface area contributed by atoms with E-state index in [0.29, 0.717) is 44.6 Å². The fourth-order valence-electron chi connectivity index (χ4n) is 4.75. The third-order valence-corrected chi connectivity index (χ3v) is 9.03. The Balaban J connectivity index is 0.000000403. The van der Waals surface area contributed by atoms with Crippen LogP contribution >= 0.6 is 11.3 Å². The molecule has 20 heteroatoms. The van der Waals surface area contributed by atoms with Crippen molar-refractivity contribution in [1.29, 1.82) is 0 Å². The normalized spacial score (nSPS) is 17.0. The van der Waals surface area contributed by atoms with Gasteiger partial charge in [-0.2, -0.15) is 26.2 Å². The van der Waals surface area contributed by atoms with Gasteiger partial charge in [-0.25, -0.2) is 18.4 Å². The van der Waals surface area contributed by atoms with Crippen molar-refractivity contribution in [2.75, 3.05) is 76.1 Å². The van der Waals surface area contributed by atoms with Gasteiger partial charge in [-0.05, 0) is 12.1 Å². The predicted octanol–water partition coefficient (Wildman–Crippen LogP) is 1.16. The van der Waals surface area contributed by atoms with E-state index in [1.54, 1.807) is 15.6 Å². The molecule has 0 spiro atoms. The molecule has 5 heterocycles. The summed E-state index contributed by atoms with van der Waals surface area (Å²) in [6.07, 6.45) is 4.53. The van der Waals surface area contributed by atoms with Crippen LogP contribution in [0.15, 0.2) is 30.5 Å². The largest absolute Gasteiger partial charge is 0.378 e. The molecule has 0 radical (unpaired) electrons. The lowest BCUT2D eigenvalue weighted by molar-refractivity contribution is 0.122. The summed E-state index contributed by atoms with van der Waals surface area (Å²) in [6, 6.07) is 8.19. The Kier molecular flexibility index (Phi) is 11.1. The first-order chi connectivity index (χ1) is 21.0. The second-order valence-corrected chi connectivity index (χ2v) is 16.5. The van der Waals surface area contributed by atoms with Crippen molar-refractivity contribution < 1.29 is 39.1 Å². The number of aromatic amines is 1. The average molecular weight is 706 g/mol. The van der Waals surface area contributed by atoms with E-state index in [-0.39, 0.29) is 0 Å². The number of hydrogen-bond acceptors (Lipinski definition) is 13. The molecule has 16 nitrogen and oxygen atoms in total. The van der Waals surface area contributed by atoms with Gasteiger partial charge in [-0.3, -0.25) is 19.1 Å². The van der Waals surface area contributed by atoms with Crippen LogP contribution in [-0.4, -0.2) is 135 Å². The monoisotopic (exact) mass is 705 g/mol. The number of ether oxygens (including phenoxy) is 1. The third-order valence-electron chi connectivity index (χ3n) is 6.62. The van der Waals surface area contributed by atoms with Gasteiger partial charge < -0.3 is 9.64 Å². The Morgan fingerprint density at radius 2 is 1.53 bits per heavy atom. The number of thiophene rings is 1. The van der Waals surface area contributed by atoms with Crippen LogP contribution in [0.5, 0.6) is 0 Å². The average Bonchev–Trinajstić information content (AvgIpc) is 3.57. The van der Waals surface area contributed by atoms with E-state index < -0.39 is 30.3 Å². The van der Waals surface area contributed by atoms with Crippen molar-refractivity contribution in [3.05, 3.63) is 35.3 Å². The van der Waals surface area contributed by atoms with Gasteiger partial charge in [-0.1, -0.05) is 12.1 Å². The Hall–Kier alpha value is -2.82. The Bertz CT molecular complexity index is 1900. The lowest BCUT2D eigenvalue weighted by Gasteiger charge is -2.32. The van der Waals surface area contributed by atoms with E-state index in [2.05, 4.69) is 26.1 Å². The summed E-state index contributed by atoms with van der Waals surface area (Å²) in [5.74, 6) is 1.64. The van der Waals surface area contributed by atoms with Crippen molar-refractivity contribution >= 4 is 68.5 Å². The number of piperazine rings is 1. The second-order valence-electron chi connectivity index (χ2n) is 10.4. The van der Waals surface area contributed by atoms with E-state index in [1.165, 1.54) is 11.1 Å². The number of morpholine rings is 1. The second kappa shape index (κ2) is 14.3. The van der Waals surface area contributed by atoms with Gasteiger partial charge in [0.25, 0.3) is 20.2 Å². The van der Waals surface area contributed by atoms with Crippen molar-refractivity contribution in [2.24, 2.45) is 0 Å². The third kappa shape index (κ3) is 10.6. The number of sulfonamides is 1. The Labute approximate surface area is 265 Å². The number of nitrogens with zero attached hydrogens (tertiary/aromatic N) is 6. The summed E-state index contributed by atoms with van der Waals surface area (Å²) in [5, 5.41) is 8.23. The zero-order chi connectivity index (χ0) is 33.0. The van der Waals surface area contributed by atoms with Crippen LogP contribution in [0.1, 0.15) is 4.88 Å². The van der Waals surface area contributed by atoms with Gasteiger partial charge in [-0.15, -0.1) is 11.3 Å². The SMILES string of the molecule is CS(=O)(=O)N1CCN(Cc2cc3nc(-c4cccc5[nH]ncc45)nc(N4CCOCC4)c3s2)CC1.CS(=O)(=O)O.CS(=O)(=O)O. The smallest absolute Gasteiger partial charge is 0.261 e. The molecule has 2 aliphatic heterocycles. The maximum absolute atomic E-state index is 11.8. The highest BCUT2D eigenvalue weighted by Gasteiger charge is 2.25. The standard InChI is InChI=1S/C23H27N7O3S2.2CH4O3S/c1-35(31,32)30-7-5-28(6-8-30)15-16-13-20-21(34-16)23(29-9-11-33-12-10-29)26-22(25-20)17-3-2-4-19-18(17)14-24-27-19;2*1-5(2,3)4/h2-4,13-14H,5-12,15H2,1H3,(H,24,27);2*1H3,(H,2,3,4). The van der Waals surface area contributed by atoms with Crippen molar-refractivity contribution in [2.45, 2.75) is 6.54 Å². The lowest BCUT2D eigenvalue weighted by atomic mass is 10.1. The van der Waals surface area contributed by atoms with Gasteiger partial charge in [0, 0.05) is 61.6 Å². The number of rotatable bonds is 5. The van der Waals surface area contributed by atoms with Gasteiger partial charge in [0.15, 0.2) is 11.6 Å². The summed E-state index contributed by atoms with van der Waals surface area (Å²) >= 11 is 1.73. The van der Waals surface area contributed by atoms with E-state index in [9.17, 15) is 25.3 Å². The first-order valence-corrected chi connectivity index (χ1v) is 19.9. The zero-order valence-corrected chi connectivity index (χ0v) is 28.1. The Morgan fingerprint density at radius 3 is 2.13 bits per heavy atom. The van der Waals surface area contributed by atoms with E-state index in [1.807, 2.05) is 24.4 Å². The highest BCUT2D eigenvalue weighted by Crippen LogP contribution is 2.36. The summed E-state index contributed by atoms with van der Waals surface area (Å²) in [6.45, 7) is 6.22. The molecule has 3 N–H and O–H groups in total. The molecule has 248 valence electrons. The minimum Gasteiger partial charge on any atom is -0.378 e. The van der Waals surface area contributed by atoms with Crippen LogP contribution in [0.2, 0.25) is 0 Å². The summed E-state index contributed by atoms with van der Waals surface area (Å²) in [7, 11) is -10.5. The molecular weight excluding hydrogens is 671 g/mol. The molecule has 2 saturated heterocycles. The molecular formula is C25H35N7O9S4. The first-order valence-electron chi connectivity index (χ1n) is 13.5. The van der Waals surface area contributed by atoms with Crippen molar-refractivity contribution in [3.8, 4) is 11.4 Å². The topological polar surface area (TPSA) is 216 Å². The zero-order valence-electron chi connectivity index (χ0n) is 24.8. The molecule has 0 bridgehead atoms. The van der Waals surface area contributed by atoms with Crippen LogP contribution in [0.3, 0.4) is 0 Å². The number of benzene rings is 1. The van der Waals surface area contributed by atoms with E-state index >= 15 is 0 Å². The van der Waals surface area contributed by atoms with Gasteiger partial charge in [0.05, 0.1) is 53.9 Å². The van der Waals surface area contributed by atoms with Crippen molar-refractivity contribution in [1.82, 2.24) is 29.4 Å². The predicted molar refractivity (Wildman–Crippen MR) is 172 cm³/mol. The molecule has 45 heavy (non-hydrogen) atoms. The number of fused-ring (bicyclic) bond motifs is 2. The molecule has 0 amide bonds. The van der Waals surface area contributed by atoms with Crippen LogP contribution in [0.4, 0.5) is 5.82 Å². The van der Waals surface area contributed by atoms with Crippen molar-refractivity contribution in [3.63, 3.8) is 0 Å². The quantitative estimate of drug-likeness (QED) is 0.249. The molecule has 3 aromatic heterocycles. The number of H-pyrrole nitrogens is 1. The van der Waals surface area contributed by atoms with Crippen LogP contribution < -0.4 is 4.90 Å². The van der Waals surface area contributed by atoms with E-state index in [4.69, 9.17) is 23.8 Å². The fraction of sp³-hybridized carbons (Fsp3) is 0.480. The minimum absolute atomic E-state index is 0.529. The molecule has 0 unspecified atom stereocenters. The highest BCUT2D eigenvalue weighted by atomic mass is 32.2. The number of hydrogen-bond donors (Lipinski definition) is 3. The summed E-state index contributed by atoms with van der Waals surface area (Å²) < 4.78 is 83.6. The minimum atomic E-state index is -3.67. The summed E-state index contributed by atoms with van der Waals surface area (Å²) in [4.78, 5) is 15.8. The number of anilines is 1. The molecule has 2 aliphatic rings. The van der Waals surface area contributed by atoms with Crippen LogP contribution in [-0.2, 0) is 41.5 Å². The number of nitrogens with one attached hydrogen (secondary N) is 1. The summed E-state index contributed by atoms with van der Waals surface area (Å²) in [5.41, 5.74) is 2.85. The highest BCUT2D eigenvalue weighted by molar-refractivity contribution is 7.88. The molecule has 0 saturated carbocycles. The maximum atomic E-state index is 11.8. The maximum Gasteiger partial charge on any atom is 0.261 e. The molecule has 4 aromatic rings. The first kappa shape index (κ1) is 35.0. The van der Waals surface area contributed by atoms with E-state index in [0.717, 1.165) is 65.2 Å². The fourth-order valence-corrected chi connectivity index (χ4v) is 6.74. The molecule has 2 fully saturated rings. The molecule has 0 atom stereocenters. The molecule has 6 rings (SSSR count). The Morgan fingerprint density at radius 1 is 0.911 bits per heavy atom. The molecule has 1 aromatic carbocycles. The van der Waals surface area contributed by atoms with Crippen LogP contribution in [0.25, 0.3) is 32.5 Å².